The zero-order chi connectivity index (χ0) is 21.3. The number of amides is 1. The number of nitrogens with one attached hydrogen (secondary N) is 2. The molecule has 1 amide bonds. The highest BCUT2D eigenvalue weighted by Gasteiger charge is 2.21. The molecule has 0 fully saturated rings. The average Bonchev–Trinajstić information content (AvgIpc) is 3.09. The van der Waals surface area contributed by atoms with Crippen LogP contribution in [0.25, 0.3) is 10.9 Å². The first kappa shape index (κ1) is 19.8. The van der Waals surface area contributed by atoms with E-state index in [9.17, 15) is 9.59 Å². The van der Waals surface area contributed by atoms with Gasteiger partial charge < -0.3 is 9.72 Å². The van der Waals surface area contributed by atoms with Gasteiger partial charge in [0.15, 0.2) is 0 Å². The first-order valence-corrected chi connectivity index (χ1v) is 9.77. The van der Waals surface area contributed by atoms with Gasteiger partial charge in [-0.05, 0) is 60.4 Å². The van der Waals surface area contributed by atoms with E-state index in [1.165, 1.54) is 28.5 Å². The molecule has 7 nitrogen and oxygen atoms in total. The molecule has 0 spiro atoms. The summed E-state index contributed by atoms with van der Waals surface area (Å²) >= 11 is 0. The molecule has 4 rings (SSSR count). The van der Waals surface area contributed by atoms with E-state index in [0.717, 1.165) is 18.5 Å². The van der Waals surface area contributed by atoms with E-state index in [-0.39, 0.29) is 18.0 Å². The average molecular weight is 404 g/mol. The molecular formula is C23H24N4O3. The number of nitrogens with zero attached hydrogens (tertiary/aromatic N) is 2. The van der Waals surface area contributed by atoms with Crippen LogP contribution in [0.15, 0.2) is 46.3 Å². The van der Waals surface area contributed by atoms with Crippen molar-refractivity contribution in [2.75, 3.05) is 13.7 Å². The number of carbonyl (C=O) groups excluding carboxylic acids is 1. The number of carbonyl (C=O) groups is 1. The summed E-state index contributed by atoms with van der Waals surface area (Å²) in [5, 5.41) is 4.79. The number of ether oxygens (including phenoxy) is 1. The second kappa shape index (κ2) is 8.12. The Morgan fingerprint density at radius 1 is 1.17 bits per heavy atom. The molecule has 2 N–H and O–H groups in total. The van der Waals surface area contributed by atoms with Gasteiger partial charge in [0.05, 0.1) is 25.4 Å². The number of pyridine rings is 1. The van der Waals surface area contributed by atoms with Gasteiger partial charge in [0.2, 0.25) is 0 Å². The van der Waals surface area contributed by atoms with Crippen LogP contribution in [-0.2, 0) is 17.9 Å². The van der Waals surface area contributed by atoms with Crippen LogP contribution in [0.1, 0.15) is 27.8 Å². The number of aryl methyl sites for hydroxylation is 2. The largest absolute Gasteiger partial charge is 0.497 e. The molecule has 0 atom stereocenters. The van der Waals surface area contributed by atoms with Crippen molar-refractivity contribution in [2.24, 2.45) is 5.10 Å². The lowest BCUT2D eigenvalue weighted by Crippen LogP contribution is -2.32. The van der Waals surface area contributed by atoms with Crippen molar-refractivity contribution in [3.8, 4) is 5.75 Å². The quantitative estimate of drug-likeness (QED) is 0.506. The molecule has 0 saturated heterocycles. The minimum Gasteiger partial charge on any atom is -0.497 e. The Hall–Kier alpha value is -3.45. The van der Waals surface area contributed by atoms with Gasteiger partial charge in [0.25, 0.3) is 11.5 Å². The molecule has 1 aromatic heterocycles. The van der Waals surface area contributed by atoms with Gasteiger partial charge in [-0.2, -0.15) is 5.10 Å². The van der Waals surface area contributed by atoms with E-state index in [4.69, 9.17) is 4.74 Å². The fraction of sp³-hybridized carbons (Fsp3) is 0.261. The van der Waals surface area contributed by atoms with Gasteiger partial charge in [-0.25, -0.2) is 5.43 Å². The summed E-state index contributed by atoms with van der Waals surface area (Å²) in [6, 6.07) is 11.5. The van der Waals surface area contributed by atoms with Crippen LogP contribution in [0.4, 0.5) is 0 Å². The van der Waals surface area contributed by atoms with Crippen LogP contribution in [0.3, 0.4) is 0 Å². The number of benzene rings is 2. The predicted molar refractivity (Wildman–Crippen MR) is 117 cm³/mol. The number of aromatic amines is 1. The Labute approximate surface area is 174 Å². The first-order valence-electron chi connectivity index (χ1n) is 9.77. The highest BCUT2D eigenvalue weighted by Crippen LogP contribution is 2.25. The molecule has 0 bridgehead atoms. The zero-order valence-electron chi connectivity index (χ0n) is 17.3. The van der Waals surface area contributed by atoms with Gasteiger partial charge in [-0.1, -0.05) is 12.1 Å². The minimum atomic E-state index is -0.272. The first-order chi connectivity index (χ1) is 14.4. The zero-order valence-corrected chi connectivity index (χ0v) is 17.3. The Morgan fingerprint density at radius 2 is 1.87 bits per heavy atom. The van der Waals surface area contributed by atoms with Crippen molar-refractivity contribution in [3.05, 3.63) is 74.6 Å². The van der Waals surface area contributed by atoms with Crippen LogP contribution < -0.4 is 15.7 Å². The SMILES string of the molecule is COc1ccc2[nH]c(=O)c(/C=N\NC(=O)CN3Cc4cc(C)c(C)cc4C3)cc2c1. The van der Waals surface area contributed by atoms with Gasteiger partial charge >= 0.3 is 0 Å². The summed E-state index contributed by atoms with van der Waals surface area (Å²) in [6.07, 6.45) is 1.36. The number of aromatic nitrogens is 1. The Bertz CT molecular complexity index is 1180. The number of methoxy groups -OCH3 is 1. The number of rotatable bonds is 5. The molecule has 2 heterocycles. The fourth-order valence-corrected chi connectivity index (χ4v) is 3.72. The fourth-order valence-electron chi connectivity index (χ4n) is 3.72. The minimum absolute atomic E-state index is 0.216. The van der Waals surface area contributed by atoms with Gasteiger partial charge in [0, 0.05) is 24.0 Å². The van der Waals surface area contributed by atoms with Crippen molar-refractivity contribution < 1.29 is 9.53 Å². The molecule has 3 aromatic rings. The van der Waals surface area contributed by atoms with Crippen molar-refractivity contribution in [1.29, 1.82) is 0 Å². The molecule has 1 aliphatic rings. The maximum Gasteiger partial charge on any atom is 0.257 e. The van der Waals surface area contributed by atoms with Gasteiger partial charge in [-0.15, -0.1) is 0 Å². The maximum absolute atomic E-state index is 12.3. The second-order valence-corrected chi connectivity index (χ2v) is 7.65. The molecular weight excluding hydrogens is 380 g/mol. The number of fused-ring (bicyclic) bond motifs is 2. The lowest BCUT2D eigenvalue weighted by molar-refractivity contribution is -0.122. The van der Waals surface area contributed by atoms with E-state index in [2.05, 4.69) is 46.4 Å². The molecule has 0 unspecified atom stereocenters. The van der Waals surface area contributed by atoms with E-state index in [1.54, 1.807) is 25.3 Å². The van der Waals surface area contributed by atoms with Crippen molar-refractivity contribution in [1.82, 2.24) is 15.3 Å². The normalized spacial score (nSPS) is 13.7. The Balaban J connectivity index is 1.39. The topological polar surface area (TPSA) is 86.8 Å². The number of hydrogen-bond acceptors (Lipinski definition) is 5. The summed E-state index contributed by atoms with van der Waals surface area (Å²) in [7, 11) is 1.59. The summed E-state index contributed by atoms with van der Waals surface area (Å²) < 4.78 is 5.22. The van der Waals surface area contributed by atoms with Crippen molar-refractivity contribution in [3.63, 3.8) is 0 Å². The highest BCUT2D eigenvalue weighted by atomic mass is 16.5. The summed E-state index contributed by atoms with van der Waals surface area (Å²) in [4.78, 5) is 29.4. The molecule has 154 valence electrons. The van der Waals surface area contributed by atoms with E-state index < -0.39 is 0 Å². The van der Waals surface area contributed by atoms with E-state index in [1.807, 2.05) is 6.07 Å². The number of hydrogen-bond donors (Lipinski definition) is 2. The summed E-state index contributed by atoms with van der Waals surface area (Å²) in [5.74, 6) is 0.481. The third-order valence-corrected chi connectivity index (χ3v) is 5.44. The van der Waals surface area contributed by atoms with Crippen molar-refractivity contribution in [2.45, 2.75) is 26.9 Å². The maximum atomic E-state index is 12.3. The number of hydrazone groups is 1. The number of H-pyrrole nitrogens is 1. The van der Waals surface area contributed by atoms with Crippen molar-refractivity contribution >= 4 is 23.0 Å². The van der Waals surface area contributed by atoms with Crippen LogP contribution in [0.2, 0.25) is 0 Å². The standard InChI is InChI=1S/C23H24N4O3/c1-14-6-18-11-27(12-19(18)7-15(14)2)13-22(28)26-24-10-17-8-16-9-20(30-3)4-5-21(16)25-23(17)29/h4-10H,11-13H2,1-3H3,(H,25,29)(H,26,28)/b24-10-. The highest BCUT2D eigenvalue weighted by molar-refractivity contribution is 5.89. The third kappa shape index (κ3) is 4.11. The Morgan fingerprint density at radius 3 is 2.53 bits per heavy atom. The van der Waals surface area contributed by atoms with E-state index in [0.29, 0.717) is 16.8 Å². The lowest BCUT2D eigenvalue weighted by Gasteiger charge is -2.12. The van der Waals surface area contributed by atoms with E-state index >= 15 is 0 Å². The Kier molecular flexibility index (Phi) is 5.37. The van der Waals surface area contributed by atoms with Crippen LogP contribution in [0, 0.1) is 13.8 Å². The molecule has 0 saturated carbocycles. The van der Waals surface area contributed by atoms with Crippen LogP contribution >= 0.6 is 0 Å². The molecule has 30 heavy (non-hydrogen) atoms. The van der Waals surface area contributed by atoms with Gasteiger partial charge in [0.1, 0.15) is 5.75 Å². The predicted octanol–water partition coefficient (Wildman–Crippen LogP) is 2.62. The summed E-state index contributed by atoms with van der Waals surface area (Å²) in [6.45, 7) is 5.95. The summed E-state index contributed by atoms with van der Waals surface area (Å²) in [5.41, 5.74) is 8.39. The molecule has 0 aliphatic carbocycles. The molecule has 2 aromatic carbocycles. The van der Waals surface area contributed by atoms with Gasteiger partial charge in [-0.3, -0.25) is 14.5 Å². The third-order valence-electron chi connectivity index (χ3n) is 5.44. The van der Waals surface area contributed by atoms with Crippen LogP contribution in [0.5, 0.6) is 5.75 Å². The molecule has 1 aliphatic heterocycles. The monoisotopic (exact) mass is 404 g/mol. The smallest absolute Gasteiger partial charge is 0.257 e. The van der Waals surface area contributed by atoms with Crippen LogP contribution in [-0.4, -0.2) is 35.7 Å². The second-order valence-electron chi connectivity index (χ2n) is 7.65. The lowest BCUT2D eigenvalue weighted by atomic mass is 10.0. The molecule has 7 heteroatoms. The molecule has 0 radical (unpaired) electrons.